The van der Waals surface area contributed by atoms with Crippen molar-refractivity contribution >= 4 is 29.4 Å². The van der Waals surface area contributed by atoms with Crippen molar-refractivity contribution in [1.82, 2.24) is 0 Å². The van der Waals surface area contributed by atoms with E-state index in [1.165, 1.54) is 38.5 Å². The van der Waals surface area contributed by atoms with Crippen LogP contribution in [-0.2, 0) is 26.6 Å². The van der Waals surface area contributed by atoms with Crippen LogP contribution < -0.4 is 0 Å². The molecule has 0 spiro atoms. The summed E-state index contributed by atoms with van der Waals surface area (Å²) in [7, 11) is -5.11. The maximum absolute atomic E-state index is 6.07. The fourth-order valence-electron chi connectivity index (χ4n) is 4.57. The van der Waals surface area contributed by atoms with E-state index < -0.39 is 17.6 Å². The average molecular weight is 555 g/mol. The molecule has 0 aromatic rings. The fraction of sp³-hybridized carbons (Fsp3) is 1.00. The lowest BCUT2D eigenvalue weighted by molar-refractivity contribution is 0.0699. The van der Waals surface area contributed by atoms with Crippen molar-refractivity contribution in [3.05, 3.63) is 0 Å². The van der Waals surface area contributed by atoms with Gasteiger partial charge in [-0.1, -0.05) is 26.7 Å². The molecule has 0 heterocycles. The first-order chi connectivity index (χ1) is 16.9. The van der Waals surface area contributed by atoms with Gasteiger partial charge in [0.1, 0.15) is 0 Å². The molecule has 0 aromatic heterocycles. The molecule has 0 aliphatic rings. The molecule has 9 heteroatoms. The van der Waals surface area contributed by atoms with E-state index in [9.17, 15) is 0 Å². The Labute approximate surface area is 224 Å². The van der Waals surface area contributed by atoms with Gasteiger partial charge in [0.05, 0.1) is 0 Å². The second-order valence-electron chi connectivity index (χ2n) is 8.71. The molecule has 6 nitrogen and oxygen atoms in total. The molecule has 0 saturated carbocycles. The minimum atomic E-state index is -2.55. The van der Waals surface area contributed by atoms with Gasteiger partial charge in [0.15, 0.2) is 0 Å². The molecule has 0 N–H and O–H groups in total. The van der Waals surface area contributed by atoms with Gasteiger partial charge < -0.3 is 26.6 Å². The van der Waals surface area contributed by atoms with E-state index in [2.05, 4.69) is 25.6 Å². The maximum atomic E-state index is 6.07. The summed E-state index contributed by atoms with van der Waals surface area (Å²) in [4.78, 5) is 0. The summed E-state index contributed by atoms with van der Waals surface area (Å²) in [5.41, 5.74) is 0. The average Bonchev–Trinajstić information content (AvgIpc) is 2.80. The van der Waals surface area contributed by atoms with Crippen LogP contribution in [0.1, 0.15) is 107 Å². The minimum Gasteiger partial charge on any atom is -0.374 e. The number of thioether (sulfide) groups is 1. The first kappa shape index (κ1) is 35.5. The van der Waals surface area contributed by atoms with Crippen molar-refractivity contribution in [1.29, 1.82) is 0 Å². The predicted molar refractivity (Wildman–Crippen MR) is 154 cm³/mol. The first-order valence-electron chi connectivity index (χ1n) is 14.4. The first-order valence-corrected chi connectivity index (χ1v) is 19.2. The summed E-state index contributed by atoms with van der Waals surface area (Å²) < 4.78 is 36.4. The summed E-state index contributed by atoms with van der Waals surface area (Å²) in [6.45, 7) is 20.7. The lowest BCUT2D eigenvalue weighted by atomic mass is 10.1. The molecule has 212 valence electrons. The maximum Gasteiger partial charge on any atom is 0.500 e. The van der Waals surface area contributed by atoms with Gasteiger partial charge in [-0.15, -0.1) is 0 Å². The van der Waals surface area contributed by atoms with Gasteiger partial charge in [-0.2, -0.15) is 11.8 Å². The van der Waals surface area contributed by atoms with Crippen molar-refractivity contribution in [3.63, 3.8) is 0 Å². The van der Waals surface area contributed by atoms with Crippen molar-refractivity contribution in [2.45, 2.75) is 129 Å². The Bertz CT molecular complexity index is 401. The zero-order valence-electron chi connectivity index (χ0n) is 24.3. The summed E-state index contributed by atoms with van der Waals surface area (Å²) in [6, 6.07) is 1.82. The Morgan fingerprint density at radius 2 is 0.743 bits per heavy atom. The lowest BCUT2D eigenvalue weighted by Crippen LogP contribution is -2.46. The van der Waals surface area contributed by atoms with Crippen molar-refractivity contribution in [2.75, 3.05) is 39.6 Å². The van der Waals surface area contributed by atoms with E-state index in [1.807, 2.05) is 41.5 Å². The molecule has 0 bridgehead atoms. The van der Waals surface area contributed by atoms with E-state index in [0.29, 0.717) is 50.1 Å². The van der Waals surface area contributed by atoms with Gasteiger partial charge >= 0.3 is 17.6 Å². The molecule has 2 unspecified atom stereocenters. The molecule has 2 atom stereocenters. The van der Waals surface area contributed by atoms with Crippen LogP contribution in [0, 0.1) is 0 Å². The van der Waals surface area contributed by atoms with Crippen LogP contribution in [0.5, 0.6) is 0 Å². The van der Waals surface area contributed by atoms with Crippen molar-refractivity contribution in [3.8, 4) is 0 Å². The van der Waals surface area contributed by atoms with Crippen LogP contribution in [-0.4, -0.2) is 67.8 Å². The largest absolute Gasteiger partial charge is 0.500 e. The van der Waals surface area contributed by atoms with Crippen LogP contribution in [0.4, 0.5) is 0 Å². The highest BCUT2D eigenvalue weighted by atomic mass is 32.2. The molecule has 0 saturated heterocycles. The number of hydrogen-bond acceptors (Lipinski definition) is 7. The number of hydrogen-bond donors (Lipinski definition) is 0. The zero-order valence-corrected chi connectivity index (χ0v) is 27.1. The summed E-state index contributed by atoms with van der Waals surface area (Å²) in [5, 5.41) is 1.33. The second-order valence-corrected chi connectivity index (χ2v) is 15.8. The monoisotopic (exact) mass is 554 g/mol. The minimum absolute atomic E-state index is 0.647. The van der Waals surface area contributed by atoms with E-state index >= 15 is 0 Å². The van der Waals surface area contributed by atoms with E-state index in [4.69, 9.17) is 26.6 Å². The van der Waals surface area contributed by atoms with Crippen LogP contribution in [0.2, 0.25) is 12.1 Å². The molecule has 0 aromatic carbocycles. The van der Waals surface area contributed by atoms with E-state index in [0.717, 1.165) is 24.9 Å². The van der Waals surface area contributed by atoms with Gasteiger partial charge in [-0.05, 0) is 80.1 Å². The van der Waals surface area contributed by atoms with Gasteiger partial charge in [-0.25, -0.2) is 0 Å². The Balaban J connectivity index is 5.03. The standard InChI is InChI=1S/C26H58O6SSi2/c1-9-19-25(21-17-23-34(27-11-3,28-12-4)29-13-5)33-26(20-10-2)22-18-24-35(30-14-6,31-15-7)32-16-8/h25-26H,9-24H2,1-8H3. The lowest BCUT2D eigenvalue weighted by Gasteiger charge is -2.30. The Hall–Kier alpha value is 0.544. The van der Waals surface area contributed by atoms with Gasteiger partial charge in [0.25, 0.3) is 0 Å². The van der Waals surface area contributed by atoms with Crippen molar-refractivity contribution < 1.29 is 26.6 Å². The van der Waals surface area contributed by atoms with Gasteiger partial charge in [0.2, 0.25) is 0 Å². The predicted octanol–water partition coefficient (Wildman–Crippen LogP) is 7.71. The SMILES string of the molecule is CCCC(CCC[Si](OCC)(OCC)OCC)SC(CCC)CCC[Si](OCC)(OCC)OCC. The molecule has 0 aliphatic carbocycles. The van der Waals surface area contributed by atoms with E-state index in [1.54, 1.807) is 0 Å². The zero-order chi connectivity index (χ0) is 26.4. The highest BCUT2D eigenvalue weighted by molar-refractivity contribution is 8.00. The molecular weight excluding hydrogens is 497 g/mol. The summed E-state index contributed by atoms with van der Waals surface area (Å²) in [6.07, 6.45) is 9.52. The molecule has 0 rings (SSSR count). The summed E-state index contributed by atoms with van der Waals surface area (Å²) in [5.74, 6) is 0. The van der Waals surface area contributed by atoms with Crippen LogP contribution in [0.15, 0.2) is 0 Å². The molecule has 0 aliphatic heterocycles. The van der Waals surface area contributed by atoms with Gasteiger partial charge in [0, 0.05) is 62.2 Å². The van der Waals surface area contributed by atoms with Gasteiger partial charge in [-0.3, -0.25) is 0 Å². The Morgan fingerprint density at radius 3 is 0.971 bits per heavy atom. The third-order valence-electron chi connectivity index (χ3n) is 5.81. The topological polar surface area (TPSA) is 55.4 Å². The Kier molecular flexibility index (Phi) is 22.9. The Morgan fingerprint density at radius 1 is 0.457 bits per heavy atom. The molecule has 0 radical (unpaired) electrons. The fourth-order valence-corrected chi connectivity index (χ4v) is 11.7. The second kappa shape index (κ2) is 22.5. The third kappa shape index (κ3) is 15.5. The third-order valence-corrected chi connectivity index (χ3v) is 13.8. The van der Waals surface area contributed by atoms with Crippen LogP contribution in [0.25, 0.3) is 0 Å². The smallest absolute Gasteiger partial charge is 0.374 e. The molecule has 0 amide bonds. The molecule has 35 heavy (non-hydrogen) atoms. The van der Waals surface area contributed by atoms with E-state index in [-0.39, 0.29) is 0 Å². The number of rotatable bonds is 26. The molecule has 0 fully saturated rings. The summed E-state index contributed by atoms with van der Waals surface area (Å²) >= 11 is 2.21. The highest BCUT2D eigenvalue weighted by Crippen LogP contribution is 2.34. The van der Waals surface area contributed by atoms with Crippen molar-refractivity contribution in [2.24, 2.45) is 0 Å². The van der Waals surface area contributed by atoms with Crippen LogP contribution >= 0.6 is 11.8 Å². The van der Waals surface area contributed by atoms with Crippen LogP contribution in [0.3, 0.4) is 0 Å². The molecular formula is C26H58O6SSi2. The quantitative estimate of drug-likeness (QED) is 0.101. The normalized spacial score (nSPS) is 14.4. The highest BCUT2D eigenvalue weighted by Gasteiger charge is 2.41.